The fourth-order valence-electron chi connectivity index (χ4n) is 2.32. The van der Waals surface area contributed by atoms with Crippen LogP contribution >= 0.6 is 11.3 Å². The van der Waals surface area contributed by atoms with E-state index < -0.39 is 16.7 Å². The molecule has 3 aromatic rings. The van der Waals surface area contributed by atoms with Crippen molar-refractivity contribution in [3.63, 3.8) is 0 Å². The first-order chi connectivity index (χ1) is 13.0. The number of nitro groups is 1. The molecule has 0 spiro atoms. The summed E-state index contributed by atoms with van der Waals surface area (Å²) < 4.78 is 0. The van der Waals surface area contributed by atoms with Crippen molar-refractivity contribution in [3.8, 4) is 0 Å². The van der Waals surface area contributed by atoms with Crippen molar-refractivity contribution >= 4 is 34.5 Å². The van der Waals surface area contributed by atoms with Crippen molar-refractivity contribution in [2.24, 2.45) is 0 Å². The largest absolute Gasteiger partial charge is 0.348 e. The van der Waals surface area contributed by atoms with Crippen LogP contribution in [-0.2, 0) is 6.54 Å². The Hall–Kier alpha value is -3.59. The molecule has 0 unspecified atom stereocenters. The predicted octanol–water partition coefficient (Wildman–Crippen LogP) is 3.23. The Bertz CT molecular complexity index is 974. The molecule has 0 aliphatic carbocycles. The first-order valence-electron chi connectivity index (χ1n) is 7.85. The zero-order chi connectivity index (χ0) is 19.2. The number of hydrogen-bond donors (Lipinski definition) is 2. The van der Waals surface area contributed by atoms with Gasteiger partial charge >= 0.3 is 0 Å². The van der Waals surface area contributed by atoms with Gasteiger partial charge in [0.1, 0.15) is 0 Å². The number of hydrogen-bond acceptors (Lipinski definition) is 6. The Balaban J connectivity index is 1.83. The highest BCUT2D eigenvalue weighted by molar-refractivity contribution is 7.12. The van der Waals surface area contributed by atoms with Crippen molar-refractivity contribution in [2.45, 2.75) is 6.54 Å². The van der Waals surface area contributed by atoms with Crippen LogP contribution < -0.4 is 10.6 Å². The fourth-order valence-corrected chi connectivity index (χ4v) is 2.94. The Morgan fingerprint density at radius 2 is 2.00 bits per heavy atom. The number of aromatic nitrogens is 1. The number of pyridine rings is 1. The highest BCUT2D eigenvalue weighted by Crippen LogP contribution is 2.24. The number of benzene rings is 1. The molecule has 0 aliphatic rings. The van der Waals surface area contributed by atoms with Crippen LogP contribution in [0, 0.1) is 10.1 Å². The smallest absolute Gasteiger partial charge is 0.271 e. The second-order valence-electron chi connectivity index (χ2n) is 5.46. The van der Waals surface area contributed by atoms with E-state index in [-0.39, 0.29) is 23.5 Å². The summed E-state index contributed by atoms with van der Waals surface area (Å²) in [7, 11) is 0. The summed E-state index contributed by atoms with van der Waals surface area (Å²) in [5.41, 5.74) is 0.790. The first kappa shape index (κ1) is 18.2. The van der Waals surface area contributed by atoms with Gasteiger partial charge in [-0.3, -0.25) is 24.7 Å². The second kappa shape index (κ2) is 8.19. The number of amides is 2. The van der Waals surface area contributed by atoms with E-state index in [0.29, 0.717) is 4.88 Å². The summed E-state index contributed by atoms with van der Waals surface area (Å²) in [5.74, 6) is -0.901. The van der Waals surface area contributed by atoms with Gasteiger partial charge in [0.25, 0.3) is 17.5 Å². The lowest BCUT2D eigenvalue weighted by molar-refractivity contribution is -0.384. The van der Waals surface area contributed by atoms with E-state index in [1.165, 1.54) is 29.5 Å². The monoisotopic (exact) mass is 382 g/mol. The Morgan fingerprint density at radius 1 is 1.15 bits per heavy atom. The quantitative estimate of drug-likeness (QED) is 0.502. The van der Waals surface area contributed by atoms with Gasteiger partial charge < -0.3 is 10.6 Å². The molecule has 0 bridgehead atoms. The summed E-state index contributed by atoms with van der Waals surface area (Å²) >= 11 is 1.23. The fraction of sp³-hybridized carbons (Fsp3) is 0.0556. The van der Waals surface area contributed by atoms with E-state index in [2.05, 4.69) is 15.6 Å². The Kier molecular flexibility index (Phi) is 5.53. The van der Waals surface area contributed by atoms with Crippen LogP contribution in [0.4, 0.5) is 11.4 Å². The van der Waals surface area contributed by atoms with Gasteiger partial charge in [0, 0.05) is 31.1 Å². The second-order valence-corrected chi connectivity index (χ2v) is 6.41. The highest BCUT2D eigenvalue weighted by Gasteiger charge is 2.18. The molecule has 136 valence electrons. The highest BCUT2D eigenvalue weighted by atomic mass is 32.1. The summed E-state index contributed by atoms with van der Waals surface area (Å²) in [4.78, 5) is 39.7. The van der Waals surface area contributed by atoms with Crippen LogP contribution in [0.25, 0.3) is 0 Å². The van der Waals surface area contributed by atoms with Crippen LogP contribution in [0.2, 0.25) is 0 Å². The molecular formula is C18H14N4O4S. The molecule has 2 N–H and O–H groups in total. The lowest BCUT2D eigenvalue weighted by atomic mass is 10.1. The van der Waals surface area contributed by atoms with Gasteiger partial charge in [-0.05, 0) is 29.1 Å². The van der Waals surface area contributed by atoms with Crippen molar-refractivity contribution in [1.82, 2.24) is 10.3 Å². The van der Waals surface area contributed by atoms with E-state index in [4.69, 9.17) is 0 Å². The number of carbonyl (C=O) groups is 2. The number of carbonyl (C=O) groups excluding carboxylic acids is 2. The van der Waals surface area contributed by atoms with Crippen molar-refractivity contribution in [2.75, 3.05) is 5.32 Å². The molecular weight excluding hydrogens is 368 g/mol. The minimum atomic E-state index is -0.585. The summed E-state index contributed by atoms with van der Waals surface area (Å²) in [5, 5.41) is 18.1. The SMILES string of the molecule is O=C(Nc1cc([N+](=O)[O-])ccc1C(=O)NCc1cccnc1)c1cccs1. The number of non-ortho nitro benzene ring substituents is 1. The molecule has 2 heterocycles. The number of nitro benzene ring substituents is 1. The maximum atomic E-state index is 12.5. The van der Waals surface area contributed by atoms with Gasteiger partial charge in [0.15, 0.2) is 0 Å². The van der Waals surface area contributed by atoms with Gasteiger partial charge in [-0.25, -0.2) is 0 Å². The molecule has 9 heteroatoms. The lowest BCUT2D eigenvalue weighted by Gasteiger charge is -2.11. The van der Waals surface area contributed by atoms with Gasteiger partial charge in [0.05, 0.1) is 21.1 Å². The van der Waals surface area contributed by atoms with E-state index in [1.807, 2.05) is 6.07 Å². The normalized spacial score (nSPS) is 10.2. The number of nitrogens with zero attached hydrogens (tertiary/aromatic N) is 2. The van der Waals surface area contributed by atoms with Gasteiger partial charge in [-0.15, -0.1) is 11.3 Å². The summed E-state index contributed by atoms with van der Waals surface area (Å²) in [6, 6.07) is 10.6. The van der Waals surface area contributed by atoms with Gasteiger partial charge in [-0.1, -0.05) is 12.1 Å². The first-order valence-corrected chi connectivity index (χ1v) is 8.73. The molecule has 2 aromatic heterocycles. The number of thiophene rings is 1. The standard InChI is InChI=1S/C18H14N4O4S/c23-17(20-11-12-3-1-7-19-10-12)14-6-5-13(22(25)26)9-15(14)21-18(24)16-4-2-8-27-16/h1-10H,11H2,(H,20,23)(H,21,24). The molecule has 8 nitrogen and oxygen atoms in total. The molecule has 0 atom stereocenters. The van der Waals surface area contributed by atoms with Gasteiger partial charge in [0.2, 0.25) is 0 Å². The average molecular weight is 382 g/mol. The molecule has 27 heavy (non-hydrogen) atoms. The number of rotatable bonds is 6. The average Bonchev–Trinajstić information content (AvgIpc) is 3.22. The van der Waals surface area contributed by atoms with Crippen molar-refractivity contribution < 1.29 is 14.5 Å². The number of nitrogens with one attached hydrogen (secondary N) is 2. The zero-order valence-electron chi connectivity index (χ0n) is 13.9. The summed E-state index contributed by atoms with van der Waals surface area (Å²) in [6.07, 6.45) is 3.25. The van der Waals surface area contributed by atoms with E-state index in [0.717, 1.165) is 5.56 Å². The van der Waals surface area contributed by atoms with E-state index >= 15 is 0 Å². The topological polar surface area (TPSA) is 114 Å². The van der Waals surface area contributed by atoms with Crippen LogP contribution in [0.5, 0.6) is 0 Å². The molecule has 0 saturated carbocycles. The molecule has 0 saturated heterocycles. The predicted molar refractivity (Wildman–Crippen MR) is 101 cm³/mol. The third-order valence-corrected chi connectivity index (χ3v) is 4.50. The summed E-state index contributed by atoms with van der Waals surface area (Å²) in [6.45, 7) is 0.238. The zero-order valence-corrected chi connectivity index (χ0v) is 14.7. The van der Waals surface area contributed by atoms with E-state index in [1.54, 1.807) is 36.0 Å². The number of anilines is 1. The lowest BCUT2D eigenvalue weighted by Crippen LogP contribution is -2.25. The van der Waals surface area contributed by atoms with E-state index in [9.17, 15) is 19.7 Å². The third kappa shape index (κ3) is 4.53. The molecule has 3 rings (SSSR count). The van der Waals surface area contributed by atoms with Crippen molar-refractivity contribution in [3.05, 3.63) is 86.4 Å². The molecule has 0 fully saturated rings. The maximum Gasteiger partial charge on any atom is 0.271 e. The molecule has 0 aliphatic heterocycles. The van der Waals surface area contributed by atoms with Crippen LogP contribution in [0.3, 0.4) is 0 Å². The maximum absolute atomic E-state index is 12.5. The third-order valence-electron chi connectivity index (χ3n) is 3.63. The minimum Gasteiger partial charge on any atom is -0.348 e. The van der Waals surface area contributed by atoms with Crippen LogP contribution in [-0.4, -0.2) is 21.7 Å². The van der Waals surface area contributed by atoms with Gasteiger partial charge in [-0.2, -0.15) is 0 Å². The molecule has 2 amide bonds. The molecule has 0 radical (unpaired) electrons. The van der Waals surface area contributed by atoms with Crippen LogP contribution in [0.15, 0.2) is 60.2 Å². The minimum absolute atomic E-state index is 0.0753. The Morgan fingerprint density at radius 3 is 2.67 bits per heavy atom. The van der Waals surface area contributed by atoms with Crippen LogP contribution in [0.1, 0.15) is 25.6 Å². The Labute approximate surface area is 158 Å². The van der Waals surface area contributed by atoms with Crippen molar-refractivity contribution in [1.29, 1.82) is 0 Å². The molecule has 1 aromatic carbocycles.